The number of hydrogen-bond donors (Lipinski definition) is 1. The van der Waals surface area contributed by atoms with E-state index < -0.39 is 0 Å². The maximum Gasteiger partial charge on any atom is 0.220 e. The van der Waals surface area contributed by atoms with E-state index in [0.717, 1.165) is 38.0 Å². The lowest BCUT2D eigenvalue weighted by Gasteiger charge is -2.31. The molecule has 0 atom stereocenters. The summed E-state index contributed by atoms with van der Waals surface area (Å²) in [6.45, 7) is 1.56. The molecule has 1 aliphatic rings. The van der Waals surface area contributed by atoms with E-state index in [0.29, 0.717) is 5.56 Å². The van der Waals surface area contributed by atoms with Gasteiger partial charge in [0, 0.05) is 30.8 Å². The molecule has 2 rings (SSSR count). The number of piperidine rings is 1. The molecule has 0 spiro atoms. The Bertz CT molecular complexity index is 408. The molecule has 0 aliphatic carbocycles. The van der Waals surface area contributed by atoms with Crippen molar-refractivity contribution in [3.63, 3.8) is 0 Å². The van der Waals surface area contributed by atoms with Crippen molar-refractivity contribution >= 4 is 18.0 Å². The van der Waals surface area contributed by atoms with Crippen molar-refractivity contribution in [2.75, 3.05) is 18.0 Å². The second kappa shape index (κ2) is 4.95. The van der Waals surface area contributed by atoms with E-state index in [-0.39, 0.29) is 11.8 Å². The summed E-state index contributed by atoms with van der Waals surface area (Å²) in [4.78, 5) is 27.9. The topological polar surface area (TPSA) is 76.3 Å². The largest absolute Gasteiger partial charge is 0.369 e. The second-order valence-electron chi connectivity index (χ2n) is 4.23. The first-order valence-corrected chi connectivity index (χ1v) is 5.66. The molecule has 1 saturated heterocycles. The van der Waals surface area contributed by atoms with Crippen LogP contribution < -0.4 is 10.6 Å². The van der Waals surface area contributed by atoms with Crippen molar-refractivity contribution < 1.29 is 9.59 Å². The van der Waals surface area contributed by atoms with Crippen LogP contribution >= 0.6 is 0 Å². The van der Waals surface area contributed by atoms with Gasteiger partial charge in [0.1, 0.15) is 5.82 Å². The van der Waals surface area contributed by atoms with Gasteiger partial charge in [0.25, 0.3) is 0 Å². The third-order valence-electron chi connectivity index (χ3n) is 3.13. The molecule has 1 aliphatic heterocycles. The zero-order valence-corrected chi connectivity index (χ0v) is 9.50. The summed E-state index contributed by atoms with van der Waals surface area (Å²) in [5.41, 5.74) is 5.85. The number of carbonyl (C=O) groups is 2. The molecule has 1 aromatic heterocycles. The Labute approximate surface area is 99.6 Å². The molecule has 1 fully saturated rings. The van der Waals surface area contributed by atoms with Crippen molar-refractivity contribution in [1.29, 1.82) is 0 Å². The zero-order valence-electron chi connectivity index (χ0n) is 9.50. The SMILES string of the molecule is NC(=O)C1CCN(c2ccc(C=O)cn2)CC1. The Morgan fingerprint density at radius 1 is 1.41 bits per heavy atom. The summed E-state index contributed by atoms with van der Waals surface area (Å²) >= 11 is 0. The number of nitrogens with zero attached hydrogens (tertiary/aromatic N) is 2. The average Bonchev–Trinajstić information content (AvgIpc) is 2.39. The number of hydrogen-bond acceptors (Lipinski definition) is 4. The molecular formula is C12H15N3O2. The Morgan fingerprint density at radius 3 is 2.59 bits per heavy atom. The van der Waals surface area contributed by atoms with Crippen LogP contribution in [-0.4, -0.2) is 30.3 Å². The fourth-order valence-corrected chi connectivity index (χ4v) is 2.05. The maximum atomic E-state index is 11.0. The molecule has 0 bridgehead atoms. The van der Waals surface area contributed by atoms with Gasteiger partial charge in [-0.1, -0.05) is 0 Å². The first-order valence-electron chi connectivity index (χ1n) is 5.66. The van der Waals surface area contributed by atoms with E-state index >= 15 is 0 Å². The zero-order chi connectivity index (χ0) is 12.3. The van der Waals surface area contributed by atoms with Gasteiger partial charge in [0.15, 0.2) is 6.29 Å². The van der Waals surface area contributed by atoms with Crippen LogP contribution in [0.3, 0.4) is 0 Å². The minimum absolute atomic E-state index is 0.0134. The van der Waals surface area contributed by atoms with E-state index in [9.17, 15) is 9.59 Å². The Morgan fingerprint density at radius 2 is 2.12 bits per heavy atom. The Hall–Kier alpha value is -1.91. The number of nitrogens with two attached hydrogens (primary N) is 1. The molecule has 0 saturated carbocycles. The van der Waals surface area contributed by atoms with Gasteiger partial charge in [-0.15, -0.1) is 0 Å². The molecule has 1 amide bonds. The quantitative estimate of drug-likeness (QED) is 0.775. The van der Waals surface area contributed by atoms with Gasteiger partial charge < -0.3 is 10.6 Å². The van der Waals surface area contributed by atoms with Crippen LogP contribution in [0.4, 0.5) is 5.82 Å². The van der Waals surface area contributed by atoms with Gasteiger partial charge in [-0.25, -0.2) is 4.98 Å². The van der Waals surface area contributed by atoms with Crippen LogP contribution in [0.25, 0.3) is 0 Å². The maximum absolute atomic E-state index is 11.0. The predicted octanol–water partition coefficient (Wildman–Crippen LogP) is 0.596. The predicted molar refractivity (Wildman–Crippen MR) is 63.8 cm³/mol. The Balaban J connectivity index is 2.00. The van der Waals surface area contributed by atoms with E-state index in [2.05, 4.69) is 9.88 Å². The van der Waals surface area contributed by atoms with Gasteiger partial charge in [0.05, 0.1) is 0 Å². The summed E-state index contributed by atoms with van der Waals surface area (Å²) in [6, 6.07) is 3.57. The molecule has 5 nitrogen and oxygen atoms in total. The lowest BCUT2D eigenvalue weighted by Crippen LogP contribution is -2.38. The lowest BCUT2D eigenvalue weighted by atomic mass is 9.96. The molecule has 0 unspecified atom stereocenters. The van der Waals surface area contributed by atoms with Crippen LogP contribution in [0.5, 0.6) is 0 Å². The van der Waals surface area contributed by atoms with E-state index in [1.807, 2.05) is 6.07 Å². The number of pyridine rings is 1. The standard InChI is InChI=1S/C12H15N3O2/c13-12(17)10-3-5-15(6-4-10)11-2-1-9(8-16)7-14-11/h1-2,7-8,10H,3-6H2,(H2,13,17). The smallest absolute Gasteiger partial charge is 0.220 e. The third kappa shape index (κ3) is 2.61. The molecule has 5 heteroatoms. The highest BCUT2D eigenvalue weighted by Crippen LogP contribution is 2.21. The van der Waals surface area contributed by atoms with E-state index in [1.165, 1.54) is 0 Å². The third-order valence-corrected chi connectivity index (χ3v) is 3.13. The molecule has 2 N–H and O–H groups in total. The van der Waals surface area contributed by atoms with Crippen molar-refractivity contribution in [3.05, 3.63) is 23.9 Å². The number of carbonyl (C=O) groups excluding carboxylic acids is 2. The number of amides is 1. The minimum atomic E-state index is -0.214. The number of aromatic nitrogens is 1. The summed E-state index contributed by atoms with van der Waals surface area (Å²) in [6.07, 6.45) is 3.87. The highest BCUT2D eigenvalue weighted by Gasteiger charge is 2.23. The molecular weight excluding hydrogens is 218 g/mol. The van der Waals surface area contributed by atoms with Gasteiger partial charge in [-0.2, -0.15) is 0 Å². The molecule has 90 valence electrons. The summed E-state index contributed by atoms with van der Waals surface area (Å²) in [5, 5.41) is 0. The first-order chi connectivity index (χ1) is 8.20. The molecule has 17 heavy (non-hydrogen) atoms. The van der Waals surface area contributed by atoms with Crippen LogP contribution in [0, 0.1) is 5.92 Å². The minimum Gasteiger partial charge on any atom is -0.369 e. The molecule has 0 radical (unpaired) electrons. The molecule has 2 heterocycles. The second-order valence-corrected chi connectivity index (χ2v) is 4.23. The van der Waals surface area contributed by atoms with E-state index in [1.54, 1.807) is 12.3 Å². The van der Waals surface area contributed by atoms with Gasteiger partial charge >= 0.3 is 0 Å². The highest BCUT2D eigenvalue weighted by molar-refractivity contribution is 5.77. The van der Waals surface area contributed by atoms with Crippen LogP contribution in [0.2, 0.25) is 0 Å². The van der Waals surface area contributed by atoms with Crippen molar-refractivity contribution in [2.45, 2.75) is 12.8 Å². The summed E-state index contributed by atoms with van der Waals surface area (Å²) < 4.78 is 0. The van der Waals surface area contributed by atoms with Gasteiger partial charge in [0.2, 0.25) is 5.91 Å². The summed E-state index contributed by atoms with van der Waals surface area (Å²) in [7, 11) is 0. The highest BCUT2D eigenvalue weighted by atomic mass is 16.1. The van der Waals surface area contributed by atoms with Crippen molar-refractivity contribution in [1.82, 2.24) is 4.98 Å². The first kappa shape index (κ1) is 11.6. The number of primary amides is 1. The number of anilines is 1. The van der Waals surface area contributed by atoms with Crippen LogP contribution in [0.1, 0.15) is 23.2 Å². The number of rotatable bonds is 3. The van der Waals surface area contributed by atoms with Crippen LogP contribution in [-0.2, 0) is 4.79 Å². The van der Waals surface area contributed by atoms with Gasteiger partial charge in [-0.05, 0) is 25.0 Å². The Kier molecular flexibility index (Phi) is 3.37. The lowest BCUT2D eigenvalue weighted by molar-refractivity contribution is -0.122. The summed E-state index contributed by atoms with van der Waals surface area (Å²) in [5.74, 6) is 0.618. The number of aldehydes is 1. The fraction of sp³-hybridized carbons (Fsp3) is 0.417. The average molecular weight is 233 g/mol. The van der Waals surface area contributed by atoms with E-state index in [4.69, 9.17) is 5.73 Å². The van der Waals surface area contributed by atoms with Crippen molar-refractivity contribution in [3.8, 4) is 0 Å². The normalized spacial score (nSPS) is 16.8. The fourth-order valence-electron chi connectivity index (χ4n) is 2.05. The van der Waals surface area contributed by atoms with Gasteiger partial charge in [-0.3, -0.25) is 9.59 Å². The van der Waals surface area contributed by atoms with Crippen molar-refractivity contribution in [2.24, 2.45) is 11.7 Å². The monoisotopic (exact) mass is 233 g/mol. The molecule has 1 aromatic rings. The molecule has 0 aromatic carbocycles. The van der Waals surface area contributed by atoms with Crippen LogP contribution in [0.15, 0.2) is 18.3 Å².